The second-order valence-electron chi connectivity index (χ2n) is 15.4. The number of anilines is 2. The standard InChI is InChI=1S/C45H50N4O6Si/c1-6-22-49-39-21-16-33(47-41(51)25-32-28-46-38-15-11-10-14-36(32)38)26-37(39)45(44(49)53)30(2)43(56(4,5)35-19-17-34(54-3)18-20-35)40(55-45)27-42(52)48(23-24-50)29-31-12-8-7-9-13-31/h6-21,26,28,30,40,43,46,50H,1,22-25,27,29H2,2-5H3,(H,47,51)/t30-,40+,43-,45+/m1/s1. The number of carbonyl (C=O) groups excluding carboxylic acids is 3. The van der Waals surface area contributed by atoms with Gasteiger partial charge in [-0.15, -0.1) is 6.58 Å². The fourth-order valence-electron chi connectivity index (χ4n) is 9.08. The quantitative estimate of drug-likeness (QED) is 0.0874. The van der Waals surface area contributed by atoms with Crippen molar-refractivity contribution in [1.29, 1.82) is 0 Å². The summed E-state index contributed by atoms with van der Waals surface area (Å²) in [6.07, 6.45) is 3.13. The molecule has 2 aliphatic heterocycles. The molecule has 3 heterocycles. The monoisotopic (exact) mass is 770 g/mol. The minimum atomic E-state index is -2.55. The van der Waals surface area contributed by atoms with Gasteiger partial charge in [0.05, 0.1) is 46.4 Å². The van der Waals surface area contributed by atoms with Gasteiger partial charge in [-0.25, -0.2) is 0 Å². The van der Waals surface area contributed by atoms with E-state index in [4.69, 9.17) is 9.47 Å². The summed E-state index contributed by atoms with van der Waals surface area (Å²) in [5, 5.41) is 15.2. The Hall–Kier alpha value is -5.49. The Morgan fingerprint density at radius 1 is 1.05 bits per heavy atom. The molecule has 2 aliphatic rings. The number of amides is 3. The molecule has 0 radical (unpaired) electrons. The summed E-state index contributed by atoms with van der Waals surface area (Å²) in [7, 11) is -0.911. The summed E-state index contributed by atoms with van der Waals surface area (Å²) >= 11 is 0. The highest BCUT2D eigenvalue weighted by atomic mass is 28.3. The smallest absolute Gasteiger partial charge is 0.264 e. The van der Waals surface area contributed by atoms with Crippen molar-refractivity contribution in [3.05, 3.63) is 133 Å². The number of ether oxygens (including phenoxy) is 2. The van der Waals surface area contributed by atoms with Gasteiger partial charge in [0.15, 0.2) is 5.60 Å². The normalized spacial score (nSPS) is 20.3. The minimum Gasteiger partial charge on any atom is -0.497 e. The van der Waals surface area contributed by atoms with E-state index in [9.17, 15) is 19.5 Å². The average molecular weight is 771 g/mol. The van der Waals surface area contributed by atoms with Crippen molar-refractivity contribution in [3.8, 4) is 5.75 Å². The molecule has 3 amide bonds. The van der Waals surface area contributed by atoms with Crippen LogP contribution >= 0.6 is 0 Å². The summed E-state index contributed by atoms with van der Waals surface area (Å²) in [6.45, 7) is 11.2. The number of hydrogen-bond donors (Lipinski definition) is 3. The first-order valence-electron chi connectivity index (χ1n) is 19.2. The number of benzene rings is 4. The van der Waals surface area contributed by atoms with Gasteiger partial charge < -0.3 is 34.7 Å². The lowest BCUT2D eigenvalue weighted by Gasteiger charge is -2.37. The van der Waals surface area contributed by atoms with Gasteiger partial charge >= 0.3 is 0 Å². The van der Waals surface area contributed by atoms with Crippen molar-refractivity contribution in [1.82, 2.24) is 9.88 Å². The zero-order chi connectivity index (χ0) is 39.6. The average Bonchev–Trinajstić information content (AvgIpc) is 3.81. The van der Waals surface area contributed by atoms with E-state index in [1.165, 1.54) is 0 Å². The molecule has 1 aromatic heterocycles. The van der Waals surface area contributed by atoms with E-state index < -0.39 is 19.8 Å². The van der Waals surface area contributed by atoms with Crippen molar-refractivity contribution in [2.75, 3.05) is 37.0 Å². The first kappa shape index (κ1) is 38.8. The Morgan fingerprint density at radius 3 is 2.50 bits per heavy atom. The molecule has 5 aromatic rings. The van der Waals surface area contributed by atoms with Gasteiger partial charge in [-0.3, -0.25) is 14.4 Å². The van der Waals surface area contributed by atoms with Crippen LogP contribution in [0.25, 0.3) is 10.9 Å². The molecule has 1 fully saturated rings. The minimum absolute atomic E-state index is 0.0291. The van der Waals surface area contributed by atoms with Crippen molar-refractivity contribution < 1.29 is 29.0 Å². The number of carbonyl (C=O) groups is 3. The third-order valence-electron chi connectivity index (χ3n) is 11.8. The van der Waals surface area contributed by atoms with Crippen LogP contribution in [0.1, 0.15) is 30.0 Å². The maximum absolute atomic E-state index is 15.0. The maximum Gasteiger partial charge on any atom is 0.264 e. The van der Waals surface area contributed by atoms with Crippen LogP contribution in [-0.4, -0.2) is 73.7 Å². The van der Waals surface area contributed by atoms with E-state index in [1.54, 1.807) is 23.0 Å². The SMILES string of the molecule is C=CCN1C(=O)[C@@]2(O[C@@H](CC(=O)N(CCO)Cc3ccccc3)[C@H]([Si](C)(C)c3ccc(OC)cc3)[C@H]2C)c2cc(NC(=O)Cc3c[nH]c4ccccc34)ccc21. The molecule has 1 saturated heterocycles. The molecular weight excluding hydrogens is 721 g/mol. The molecule has 0 aliphatic carbocycles. The molecule has 1 spiro atoms. The zero-order valence-corrected chi connectivity index (χ0v) is 33.5. The predicted octanol–water partition coefficient (Wildman–Crippen LogP) is 6.52. The fourth-order valence-corrected chi connectivity index (χ4v) is 13.1. The molecule has 0 saturated carbocycles. The van der Waals surface area contributed by atoms with Crippen LogP contribution in [0.15, 0.2) is 116 Å². The second kappa shape index (κ2) is 15.9. The third kappa shape index (κ3) is 7.06. The Labute approximate surface area is 329 Å². The molecule has 56 heavy (non-hydrogen) atoms. The Kier molecular flexibility index (Phi) is 11.0. The van der Waals surface area contributed by atoms with Crippen LogP contribution < -0.4 is 20.1 Å². The Balaban J connectivity index is 1.27. The third-order valence-corrected chi connectivity index (χ3v) is 16.1. The number of hydrogen-bond acceptors (Lipinski definition) is 6. The molecule has 0 bridgehead atoms. The van der Waals surface area contributed by atoms with Crippen LogP contribution in [0.3, 0.4) is 0 Å². The van der Waals surface area contributed by atoms with Gasteiger partial charge in [0, 0.05) is 53.9 Å². The van der Waals surface area contributed by atoms with Gasteiger partial charge in [-0.05, 0) is 53.1 Å². The number of rotatable bonds is 14. The number of aromatic nitrogens is 1. The first-order valence-corrected chi connectivity index (χ1v) is 22.3. The lowest BCUT2D eigenvalue weighted by Crippen LogP contribution is -2.52. The van der Waals surface area contributed by atoms with Gasteiger partial charge in [0.25, 0.3) is 5.91 Å². The van der Waals surface area contributed by atoms with Gasteiger partial charge in [-0.2, -0.15) is 0 Å². The number of para-hydroxylation sites is 1. The number of aliphatic hydroxyl groups excluding tert-OH is 1. The topological polar surface area (TPSA) is 124 Å². The molecule has 290 valence electrons. The lowest BCUT2D eigenvalue weighted by atomic mass is 9.82. The van der Waals surface area contributed by atoms with E-state index in [2.05, 4.69) is 49.0 Å². The van der Waals surface area contributed by atoms with Crippen LogP contribution in [0.5, 0.6) is 5.75 Å². The summed E-state index contributed by atoms with van der Waals surface area (Å²) in [6, 6.07) is 31.2. The largest absolute Gasteiger partial charge is 0.497 e. The van der Waals surface area contributed by atoms with E-state index >= 15 is 0 Å². The van der Waals surface area contributed by atoms with Gasteiger partial charge in [-0.1, -0.05) is 91.9 Å². The summed E-state index contributed by atoms with van der Waals surface area (Å²) < 4.78 is 12.7. The Morgan fingerprint density at radius 2 is 1.79 bits per heavy atom. The van der Waals surface area contributed by atoms with E-state index in [0.29, 0.717) is 23.5 Å². The summed E-state index contributed by atoms with van der Waals surface area (Å²) in [5.41, 5.74) is 3.10. The number of nitrogens with one attached hydrogen (secondary N) is 2. The molecule has 0 unspecified atom stereocenters. The fraction of sp³-hybridized carbons (Fsp3) is 0.311. The molecule has 11 heteroatoms. The molecule has 4 aromatic carbocycles. The van der Waals surface area contributed by atoms with Crippen LogP contribution in [0, 0.1) is 5.92 Å². The highest BCUT2D eigenvalue weighted by molar-refractivity contribution is 6.91. The van der Waals surface area contributed by atoms with E-state index in [0.717, 1.165) is 33.0 Å². The van der Waals surface area contributed by atoms with Crippen LogP contribution in [0.4, 0.5) is 11.4 Å². The number of H-pyrrole nitrogens is 1. The van der Waals surface area contributed by atoms with Crippen molar-refractivity contribution in [2.24, 2.45) is 5.92 Å². The highest BCUT2D eigenvalue weighted by Gasteiger charge is 2.66. The highest BCUT2D eigenvalue weighted by Crippen LogP contribution is 2.60. The number of methoxy groups -OCH3 is 1. The summed E-state index contributed by atoms with van der Waals surface area (Å²) in [4.78, 5) is 49.5. The van der Waals surface area contributed by atoms with Gasteiger partial charge in [0.2, 0.25) is 11.8 Å². The zero-order valence-electron chi connectivity index (χ0n) is 32.5. The molecule has 10 nitrogen and oxygen atoms in total. The van der Waals surface area contributed by atoms with Crippen LogP contribution in [-0.2, 0) is 37.7 Å². The van der Waals surface area contributed by atoms with E-state index in [-0.39, 0.29) is 61.7 Å². The second-order valence-corrected chi connectivity index (χ2v) is 20.1. The first-order chi connectivity index (χ1) is 27.0. The molecule has 4 atom stereocenters. The van der Waals surface area contributed by atoms with Crippen LogP contribution in [0.2, 0.25) is 18.6 Å². The molecule has 3 N–H and O–H groups in total. The number of aromatic amines is 1. The van der Waals surface area contributed by atoms with Crippen molar-refractivity contribution in [2.45, 2.75) is 56.7 Å². The molecular formula is C45H50N4O6Si. The summed E-state index contributed by atoms with van der Waals surface area (Å²) in [5.74, 6) is -0.167. The van der Waals surface area contributed by atoms with Crippen molar-refractivity contribution >= 4 is 53.3 Å². The van der Waals surface area contributed by atoms with Crippen molar-refractivity contribution in [3.63, 3.8) is 0 Å². The van der Waals surface area contributed by atoms with Gasteiger partial charge in [0.1, 0.15) is 5.75 Å². The Bertz CT molecular complexity index is 2240. The van der Waals surface area contributed by atoms with E-state index in [1.807, 2.05) is 91.1 Å². The predicted molar refractivity (Wildman–Crippen MR) is 223 cm³/mol. The maximum atomic E-state index is 15.0. The number of fused-ring (bicyclic) bond motifs is 3. The number of aliphatic hydroxyl groups is 1. The number of nitrogens with zero attached hydrogens (tertiary/aromatic N) is 2. The lowest BCUT2D eigenvalue weighted by molar-refractivity contribution is -0.149. The molecule has 7 rings (SSSR count).